The van der Waals surface area contributed by atoms with Crippen molar-refractivity contribution in [1.82, 2.24) is 19.3 Å². The summed E-state index contributed by atoms with van der Waals surface area (Å²) in [5.41, 5.74) is 4.47. The monoisotopic (exact) mass is 454 g/mol. The van der Waals surface area contributed by atoms with Crippen LogP contribution in [0.25, 0.3) is 22.2 Å². The summed E-state index contributed by atoms with van der Waals surface area (Å²) in [4.78, 5) is 6.68. The second-order valence-electron chi connectivity index (χ2n) is 8.23. The Morgan fingerprint density at radius 1 is 1.12 bits per heavy atom. The first kappa shape index (κ1) is 20.5. The number of nitrogens with one attached hydrogen (secondary N) is 1. The van der Waals surface area contributed by atoms with Gasteiger partial charge in [-0.25, -0.2) is 9.37 Å². The van der Waals surface area contributed by atoms with E-state index in [1.165, 1.54) is 10.7 Å². The molecule has 32 heavy (non-hydrogen) atoms. The number of benzene rings is 1. The highest BCUT2D eigenvalue weighted by molar-refractivity contribution is 7.92. The van der Waals surface area contributed by atoms with Gasteiger partial charge >= 0.3 is 0 Å². The molecule has 0 saturated carbocycles. The van der Waals surface area contributed by atoms with Gasteiger partial charge in [-0.05, 0) is 43.2 Å². The largest absolute Gasteiger partial charge is 0.374 e. The summed E-state index contributed by atoms with van der Waals surface area (Å²) in [5, 5.41) is 4.46. The molecule has 4 aromatic rings. The Labute approximate surface area is 185 Å². The van der Waals surface area contributed by atoms with E-state index in [0.29, 0.717) is 33.5 Å². The summed E-state index contributed by atoms with van der Waals surface area (Å²) in [6, 6.07) is 6.49. The highest BCUT2D eigenvalue weighted by Crippen LogP contribution is 2.40. The topological polar surface area (TPSA) is 85.0 Å². The van der Waals surface area contributed by atoms with Crippen LogP contribution in [0.1, 0.15) is 11.3 Å². The number of likely N-dealkylation sites (N-methyl/N-ethyl adjacent to an activating group) is 1. The van der Waals surface area contributed by atoms with Gasteiger partial charge < -0.3 is 9.47 Å². The molecule has 0 spiro atoms. The molecule has 5 rings (SSSR count). The minimum Gasteiger partial charge on any atom is -0.374 e. The van der Waals surface area contributed by atoms with Gasteiger partial charge in [0, 0.05) is 62.6 Å². The second-order valence-corrected chi connectivity index (χ2v) is 9.86. The number of nitrogens with zero attached hydrogens (tertiary/aromatic N) is 5. The Bertz CT molecular complexity index is 1490. The molecule has 1 aliphatic rings. The van der Waals surface area contributed by atoms with E-state index in [4.69, 9.17) is 0 Å². The van der Waals surface area contributed by atoms with Gasteiger partial charge in [-0.2, -0.15) is 13.5 Å². The van der Waals surface area contributed by atoms with E-state index in [1.807, 2.05) is 20.2 Å². The van der Waals surface area contributed by atoms with Crippen molar-refractivity contribution in [2.75, 3.05) is 23.2 Å². The molecule has 4 heterocycles. The molecule has 0 atom stereocenters. The van der Waals surface area contributed by atoms with Gasteiger partial charge in [0.15, 0.2) is 5.03 Å². The molecular formula is C22H23FN6O2S. The number of fused-ring (bicyclic) bond motifs is 2. The van der Waals surface area contributed by atoms with Crippen molar-refractivity contribution in [2.24, 2.45) is 14.1 Å². The molecule has 10 heteroatoms. The summed E-state index contributed by atoms with van der Waals surface area (Å²) in [7, 11) is 1.50. The molecule has 0 amide bonds. The van der Waals surface area contributed by atoms with Crippen LogP contribution in [0.5, 0.6) is 0 Å². The zero-order valence-electron chi connectivity index (χ0n) is 18.2. The summed E-state index contributed by atoms with van der Waals surface area (Å²) >= 11 is 0. The Balaban J connectivity index is 1.72. The van der Waals surface area contributed by atoms with Crippen molar-refractivity contribution in [1.29, 1.82) is 0 Å². The SMILES string of the molecule is Cc1cc(NS(=O)(=O)c2ccn(C)n2)c2c(-c3cc4c(cc3F)CCN4C)cn(C)c2n1. The minimum absolute atomic E-state index is 0.0922. The molecule has 166 valence electrons. The van der Waals surface area contributed by atoms with Crippen LogP contribution in [0.2, 0.25) is 0 Å². The van der Waals surface area contributed by atoms with Crippen LogP contribution >= 0.6 is 0 Å². The van der Waals surface area contributed by atoms with Gasteiger partial charge in [0.2, 0.25) is 0 Å². The molecule has 0 aliphatic carbocycles. The zero-order valence-corrected chi connectivity index (χ0v) is 19.0. The van der Waals surface area contributed by atoms with Crippen LogP contribution in [0.4, 0.5) is 15.8 Å². The van der Waals surface area contributed by atoms with E-state index in [1.54, 1.807) is 43.1 Å². The highest BCUT2D eigenvalue weighted by Gasteiger charge is 2.25. The molecule has 1 aromatic carbocycles. The Kier molecular flexibility index (Phi) is 4.52. The lowest BCUT2D eigenvalue weighted by Gasteiger charge is -2.14. The van der Waals surface area contributed by atoms with Crippen molar-refractivity contribution in [3.05, 3.63) is 53.7 Å². The average Bonchev–Trinajstić information content (AvgIpc) is 3.40. The maximum atomic E-state index is 15.2. The second kappa shape index (κ2) is 7.06. The number of aromatic nitrogens is 4. The molecule has 0 unspecified atom stereocenters. The van der Waals surface area contributed by atoms with E-state index in [9.17, 15) is 8.42 Å². The molecule has 0 radical (unpaired) electrons. The molecule has 1 aliphatic heterocycles. The van der Waals surface area contributed by atoms with Gasteiger partial charge in [-0.15, -0.1) is 0 Å². The smallest absolute Gasteiger partial charge is 0.281 e. The fourth-order valence-corrected chi connectivity index (χ4v) is 5.32. The average molecular weight is 455 g/mol. The molecule has 8 nitrogen and oxygen atoms in total. The van der Waals surface area contributed by atoms with Crippen LogP contribution in [0, 0.1) is 12.7 Å². The van der Waals surface area contributed by atoms with Crippen molar-refractivity contribution < 1.29 is 12.8 Å². The fourth-order valence-electron chi connectivity index (χ4n) is 4.29. The first-order valence-corrected chi connectivity index (χ1v) is 11.7. The third-order valence-corrected chi connectivity index (χ3v) is 7.11. The van der Waals surface area contributed by atoms with Gasteiger partial charge in [-0.3, -0.25) is 9.40 Å². The molecule has 3 aromatic heterocycles. The quantitative estimate of drug-likeness (QED) is 0.512. The van der Waals surface area contributed by atoms with Crippen LogP contribution in [-0.4, -0.2) is 41.3 Å². The third-order valence-electron chi connectivity index (χ3n) is 5.85. The number of aryl methyl sites for hydroxylation is 3. The Morgan fingerprint density at radius 2 is 1.91 bits per heavy atom. The number of hydrogen-bond donors (Lipinski definition) is 1. The summed E-state index contributed by atoms with van der Waals surface area (Å²) < 4.78 is 47.1. The molecule has 0 saturated heterocycles. The number of hydrogen-bond acceptors (Lipinski definition) is 5. The molecular weight excluding hydrogens is 431 g/mol. The van der Waals surface area contributed by atoms with Crippen molar-refractivity contribution >= 4 is 32.4 Å². The van der Waals surface area contributed by atoms with Gasteiger partial charge in [0.25, 0.3) is 10.0 Å². The first-order chi connectivity index (χ1) is 15.1. The standard InChI is InChI=1S/C22H23FN6O2S/c1-13-9-18(26-32(30,31)20-6-8-29(4)25-20)21-16(12-28(3)22(21)24-13)15-11-19-14(10-17(15)23)5-7-27(19)2/h6,8-12H,5,7H2,1-4H3,(H,24,26). The molecule has 0 bridgehead atoms. The highest BCUT2D eigenvalue weighted by atomic mass is 32.2. The number of pyridine rings is 1. The maximum absolute atomic E-state index is 15.2. The van der Waals surface area contributed by atoms with Gasteiger partial charge in [-0.1, -0.05) is 0 Å². The van der Waals surface area contributed by atoms with Crippen LogP contribution in [0.15, 0.2) is 41.7 Å². The maximum Gasteiger partial charge on any atom is 0.281 e. The predicted octanol–water partition coefficient (Wildman–Crippen LogP) is 3.21. The zero-order chi connectivity index (χ0) is 22.8. The van der Waals surface area contributed by atoms with E-state index >= 15 is 4.39 Å². The third kappa shape index (κ3) is 3.22. The summed E-state index contributed by atoms with van der Waals surface area (Å²) in [5.74, 6) is -0.342. The summed E-state index contributed by atoms with van der Waals surface area (Å²) in [6.45, 7) is 2.62. The van der Waals surface area contributed by atoms with Crippen molar-refractivity contribution in [2.45, 2.75) is 18.4 Å². The Hall–Kier alpha value is -3.40. The van der Waals surface area contributed by atoms with E-state index in [0.717, 1.165) is 24.2 Å². The van der Waals surface area contributed by atoms with Gasteiger partial charge in [0.1, 0.15) is 11.5 Å². The van der Waals surface area contributed by atoms with E-state index in [2.05, 4.69) is 19.7 Å². The van der Waals surface area contributed by atoms with Crippen LogP contribution < -0.4 is 9.62 Å². The normalized spacial score (nSPS) is 13.7. The molecule has 0 fully saturated rings. The van der Waals surface area contributed by atoms with E-state index in [-0.39, 0.29) is 10.8 Å². The number of rotatable bonds is 4. The van der Waals surface area contributed by atoms with Crippen molar-refractivity contribution in [3.8, 4) is 11.1 Å². The van der Waals surface area contributed by atoms with Crippen LogP contribution in [-0.2, 0) is 30.5 Å². The lowest BCUT2D eigenvalue weighted by molar-refractivity contribution is 0.593. The molecule has 1 N–H and O–H groups in total. The van der Waals surface area contributed by atoms with E-state index < -0.39 is 10.0 Å². The number of sulfonamides is 1. The first-order valence-electron chi connectivity index (χ1n) is 10.2. The predicted molar refractivity (Wildman–Crippen MR) is 122 cm³/mol. The minimum atomic E-state index is -3.94. The van der Waals surface area contributed by atoms with Gasteiger partial charge in [0.05, 0.1) is 11.1 Å². The van der Waals surface area contributed by atoms with Crippen molar-refractivity contribution in [3.63, 3.8) is 0 Å². The Morgan fingerprint density at radius 3 is 2.62 bits per heavy atom. The lowest BCUT2D eigenvalue weighted by Crippen LogP contribution is -2.14. The number of anilines is 2. The fraction of sp³-hybridized carbons (Fsp3) is 0.273. The summed E-state index contributed by atoms with van der Waals surface area (Å²) in [6.07, 6.45) is 4.15. The number of halogens is 1. The van der Waals surface area contributed by atoms with Crippen LogP contribution in [0.3, 0.4) is 0 Å². The lowest BCUT2D eigenvalue weighted by atomic mass is 10.0.